The summed E-state index contributed by atoms with van der Waals surface area (Å²) in [7, 11) is 0. The summed E-state index contributed by atoms with van der Waals surface area (Å²) in [6.45, 7) is 0. The van der Waals surface area contributed by atoms with E-state index in [9.17, 15) is 13.2 Å². The predicted molar refractivity (Wildman–Crippen MR) is 72.8 cm³/mol. The summed E-state index contributed by atoms with van der Waals surface area (Å²) in [5.74, 6) is 0. The van der Waals surface area contributed by atoms with Crippen LogP contribution in [0.1, 0.15) is 5.69 Å². The molecule has 2 aromatic carbocycles. The summed E-state index contributed by atoms with van der Waals surface area (Å²) in [5, 5.41) is 3.70. The maximum atomic E-state index is 12.9. The van der Waals surface area contributed by atoms with Gasteiger partial charge in [-0.3, -0.25) is 0 Å². The number of hydrogen-bond acceptors (Lipinski definition) is 1. The molecule has 0 saturated heterocycles. The van der Waals surface area contributed by atoms with Gasteiger partial charge in [0.1, 0.15) is 0 Å². The second kappa shape index (κ2) is 5.09. The predicted octanol–water partition coefficient (Wildman–Crippen LogP) is 4.36. The lowest BCUT2D eigenvalue weighted by molar-refractivity contribution is -0.141. The molecule has 2 nitrogen and oxygen atoms in total. The molecule has 21 heavy (non-hydrogen) atoms. The molecule has 1 heterocycles. The molecule has 0 aliphatic rings. The Hall–Kier alpha value is -2.56. The normalized spacial score (nSPS) is 11.6. The topological polar surface area (TPSA) is 17.8 Å². The monoisotopic (exact) mass is 287 g/mol. The highest BCUT2D eigenvalue weighted by molar-refractivity contribution is 5.62. The number of alkyl halides is 3. The van der Waals surface area contributed by atoms with Crippen LogP contribution >= 0.6 is 0 Å². The lowest BCUT2D eigenvalue weighted by Gasteiger charge is -2.07. The third-order valence-corrected chi connectivity index (χ3v) is 3.00. The molecular formula is C16H10F3N2. The average molecular weight is 287 g/mol. The molecule has 105 valence electrons. The van der Waals surface area contributed by atoms with Crippen LogP contribution in [-0.2, 0) is 6.18 Å². The van der Waals surface area contributed by atoms with E-state index in [1.807, 2.05) is 6.07 Å². The second-order valence-electron chi connectivity index (χ2n) is 4.45. The summed E-state index contributed by atoms with van der Waals surface area (Å²) >= 11 is 0. The number of rotatable bonds is 2. The first kappa shape index (κ1) is 13.4. The zero-order valence-electron chi connectivity index (χ0n) is 10.8. The number of benzene rings is 2. The Morgan fingerprint density at radius 2 is 1.76 bits per heavy atom. The second-order valence-corrected chi connectivity index (χ2v) is 4.45. The van der Waals surface area contributed by atoms with Gasteiger partial charge < -0.3 is 0 Å². The molecule has 0 aliphatic carbocycles. The van der Waals surface area contributed by atoms with E-state index in [1.54, 1.807) is 48.5 Å². The lowest BCUT2D eigenvalue weighted by atomic mass is 10.1. The largest absolute Gasteiger partial charge is 0.435 e. The van der Waals surface area contributed by atoms with Crippen LogP contribution in [0.15, 0.2) is 60.7 Å². The molecule has 3 aromatic rings. The molecule has 3 rings (SSSR count). The maximum Gasteiger partial charge on any atom is 0.435 e. The van der Waals surface area contributed by atoms with E-state index in [0.717, 1.165) is 6.07 Å². The van der Waals surface area contributed by atoms with Crippen molar-refractivity contribution in [2.24, 2.45) is 0 Å². The third kappa shape index (κ3) is 2.67. The molecule has 0 spiro atoms. The fourth-order valence-electron chi connectivity index (χ4n) is 2.05. The van der Waals surface area contributed by atoms with E-state index >= 15 is 0 Å². The molecule has 0 aliphatic heterocycles. The zero-order chi connectivity index (χ0) is 14.9. The number of aromatic nitrogens is 2. The van der Waals surface area contributed by atoms with Crippen molar-refractivity contribution in [2.75, 3.05) is 0 Å². The highest BCUT2D eigenvalue weighted by Gasteiger charge is 2.35. The smallest absolute Gasteiger partial charge is 0.232 e. The average Bonchev–Trinajstić information content (AvgIpc) is 2.94. The van der Waals surface area contributed by atoms with Crippen molar-refractivity contribution >= 4 is 0 Å². The van der Waals surface area contributed by atoms with Crippen LogP contribution in [0.5, 0.6) is 0 Å². The van der Waals surface area contributed by atoms with Crippen LogP contribution in [0.4, 0.5) is 13.2 Å². The summed E-state index contributed by atoms with van der Waals surface area (Å²) in [4.78, 5) is 0. The fraction of sp³-hybridized carbons (Fsp3) is 0.0625. The van der Waals surface area contributed by atoms with Gasteiger partial charge in [-0.25, -0.2) is 4.68 Å². The standard InChI is InChI=1S/C16H10F3N2/c17-16(18,19)15-11-14(12-7-3-1-4-8-12)21(20-15)13-9-5-2-6-10-13/h1-5,7-11H. The third-order valence-electron chi connectivity index (χ3n) is 3.00. The zero-order valence-corrected chi connectivity index (χ0v) is 10.8. The molecule has 0 fully saturated rings. The number of hydrogen-bond donors (Lipinski definition) is 0. The van der Waals surface area contributed by atoms with Gasteiger partial charge in [-0.2, -0.15) is 18.3 Å². The molecule has 0 N–H and O–H groups in total. The van der Waals surface area contributed by atoms with Gasteiger partial charge in [0.05, 0.1) is 11.4 Å². The van der Waals surface area contributed by atoms with Crippen molar-refractivity contribution in [2.45, 2.75) is 6.18 Å². The first-order valence-electron chi connectivity index (χ1n) is 6.25. The summed E-state index contributed by atoms with van der Waals surface area (Å²) in [6, 6.07) is 19.4. The molecular weight excluding hydrogens is 277 g/mol. The Morgan fingerprint density at radius 3 is 2.38 bits per heavy atom. The van der Waals surface area contributed by atoms with Crippen molar-refractivity contribution in [1.82, 2.24) is 9.78 Å². The number of halogens is 3. The van der Waals surface area contributed by atoms with Gasteiger partial charge in [-0.05, 0) is 24.3 Å². The van der Waals surface area contributed by atoms with Crippen molar-refractivity contribution in [1.29, 1.82) is 0 Å². The van der Waals surface area contributed by atoms with Crippen LogP contribution < -0.4 is 0 Å². The van der Waals surface area contributed by atoms with E-state index in [2.05, 4.69) is 11.2 Å². The molecule has 1 aromatic heterocycles. The molecule has 1 radical (unpaired) electrons. The Kier molecular flexibility index (Phi) is 3.25. The van der Waals surface area contributed by atoms with E-state index in [0.29, 0.717) is 16.9 Å². The molecule has 0 saturated carbocycles. The summed E-state index contributed by atoms with van der Waals surface area (Å²) in [6.07, 6.45) is -4.48. The van der Waals surface area contributed by atoms with Crippen molar-refractivity contribution in [3.05, 3.63) is 72.4 Å². The quantitative estimate of drug-likeness (QED) is 0.685. The van der Waals surface area contributed by atoms with Gasteiger partial charge in [0.15, 0.2) is 5.69 Å². The summed E-state index contributed by atoms with van der Waals surface area (Å²) in [5.41, 5.74) is 0.684. The van der Waals surface area contributed by atoms with Gasteiger partial charge in [-0.15, -0.1) is 0 Å². The van der Waals surface area contributed by atoms with Crippen molar-refractivity contribution in [3.8, 4) is 16.9 Å². The van der Waals surface area contributed by atoms with Gasteiger partial charge in [0.25, 0.3) is 0 Å². The highest BCUT2D eigenvalue weighted by atomic mass is 19.4. The van der Waals surface area contributed by atoms with Crippen LogP contribution in [-0.4, -0.2) is 9.78 Å². The first-order chi connectivity index (χ1) is 10.1. The highest BCUT2D eigenvalue weighted by Crippen LogP contribution is 2.32. The molecule has 0 bridgehead atoms. The first-order valence-corrected chi connectivity index (χ1v) is 6.25. The Balaban J connectivity index is 2.20. The SMILES string of the molecule is FC(F)(F)c1cc(-c2ccccc2)n(-c2c[c]ccc2)n1. The fourth-order valence-corrected chi connectivity index (χ4v) is 2.05. The van der Waals surface area contributed by atoms with E-state index in [4.69, 9.17) is 0 Å². The van der Waals surface area contributed by atoms with Crippen LogP contribution in [0.3, 0.4) is 0 Å². The Morgan fingerprint density at radius 1 is 1.00 bits per heavy atom. The van der Waals surface area contributed by atoms with Gasteiger partial charge in [-0.1, -0.05) is 42.5 Å². The van der Waals surface area contributed by atoms with E-state index < -0.39 is 11.9 Å². The van der Waals surface area contributed by atoms with Crippen LogP contribution in [0, 0.1) is 6.07 Å². The van der Waals surface area contributed by atoms with Crippen LogP contribution in [0.25, 0.3) is 16.9 Å². The Labute approximate surface area is 119 Å². The molecule has 0 unspecified atom stereocenters. The molecule has 5 heteroatoms. The van der Waals surface area contributed by atoms with E-state index in [-0.39, 0.29) is 0 Å². The molecule has 0 atom stereocenters. The van der Waals surface area contributed by atoms with Crippen molar-refractivity contribution in [3.63, 3.8) is 0 Å². The van der Waals surface area contributed by atoms with Crippen molar-refractivity contribution < 1.29 is 13.2 Å². The minimum Gasteiger partial charge on any atom is -0.232 e. The van der Waals surface area contributed by atoms with Gasteiger partial charge in [0, 0.05) is 5.56 Å². The van der Waals surface area contributed by atoms with Crippen LogP contribution in [0.2, 0.25) is 0 Å². The molecule has 0 amide bonds. The maximum absolute atomic E-state index is 12.9. The Bertz CT molecular complexity index is 674. The van der Waals surface area contributed by atoms with E-state index in [1.165, 1.54) is 4.68 Å². The minimum absolute atomic E-state index is 0.391. The van der Waals surface area contributed by atoms with Gasteiger partial charge in [0.2, 0.25) is 0 Å². The number of nitrogens with zero attached hydrogens (tertiary/aromatic N) is 2. The lowest BCUT2D eigenvalue weighted by Crippen LogP contribution is -2.07. The van der Waals surface area contributed by atoms with Gasteiger partial charge >= 0.3 is 6.18 Å². The summed E-state index contributed by atoms with van der Waals surface area (Å²) < 4.78 is 40.1. The minimum atomic E-state index is -4.48.